The smallest absolute Gasteiger partial charge is 0.280 e. The van der Waals surface area contributed by atoms with E-state index in [1.807, 2.05) is 5.38 Å². The number of thiazole rings is 1. The average Bonchev–Trinajstić information content (AvgIpc) is 3.67. The van der Waals surface area contributed by atoms with Gasteiger partial charge in [-0.3, -0.25) is 49.0 Å². The zero-order valence-corrected chi connectivity index (χ0v) is 35.6. The first-order valence-corrected chi connectivity index (χ1v) is 22.3. The van der Waals surface area contributed by atoms with Crippen LogP contribution in [0.2, 0.25) is 0 Å². The van der Waals surface area contributed by atoms with Gasteiger partial charge in [-0.05, 0) is 53.4 Å². The Morgan fingerprint density at radius 2 is 1.28 bits per heavy atom. The van der Waals surface area contributed by atoms with E-state index in [2.05, 4.69) is 71.3 Å². The number of thiophene rings is 2. The lowest BCUT2D eigenvalue weighted by Gasteiger charge is -2.29. The molecule has 0 bridgehead atoms. The first kappa shape index (κ1) is 41.2. The van der Waals surface area contributed by atoms with E-state index in [9.17, 15) is 38.4 Å². The van der Waals surface area contributed by atoms with Crippen LogP contribution in [0.1, 0.15) is 122 Å². The Balaban J connectivity index is 0.000000172. The molecule has 3 aromatic heterocycles. The molecule has 4 N–H and O–H groups in total. The van der Waals surface area contributed by atoms with Gasteiger partial charge < -0.3 is 20.4 Å². The monoisotopic (exact) mass is 869 g/mol. The first-order valence-electron chi connectivity index (χ1n) is 19.7. The van der Waals surface area contributed by atoms with Gasteiger partial charge in [-0.1, -0.05) is 45.0 Å². The Hall–Kier alpha value is -5.59. The summed E-state index contributed by atoms with van der Waals surface area (Å²) in [5, 5.41) is 16.2. The highest BCUT2D eigenvalue weighted by molar-refractivity contribution is 7.11. The van der Waals surface area contributed by atoms with Gasteiger partial charge in [-0.2, -0.15) is 0 Å². The quantitative estimate of drug-likeness (QED) is 0.179. The predicted molar refractivity (Wildman–Crippen MR) is 222 cm³/mol. The number of nitrogens with one attached hydrogen (secondary N) is 4. The summed E-state index contributed by atoms with van der Waals surface area (Å²) in [6.45, 7) is 7.82. The van der Waals surface area contributed by atoms with E-state index in [0.29, 0.717) is 55.2 Å². The molecule has 8 amide bonds. The fourth-order valence-electron chi connectivity index (χ4n) is 8.07. The Kier molecular flexibility index (Phi) is 11.1. The van der Waals surface area contributed by atoms with Crippen LogP contribution in [0.25, 0.3) is 0 Å². The summed E-state index contributed by atoms with van der Waals surface area (Å²) < 4.78 is 0. The van der Waals surface area contributed by atoms with E-state index in [-0.39, 0.29) is 53.7 Å². The SMILES string of the molecule is CC(C)(C)c1ccc(C2(C(=O)NCc3scc4c3CN(C3CCC(=O)NC3=O)C4=O)CC2)cc1.O=C1CCC(N2Cc3c(csc3CNC(=O)c3nccs3)C2=O)C(=O)N1. The maximum absolute atomic E-state index is 13.2. The van der Waals surface area contributed by atoms with E-state index >= 15 is 0 Å². The summed E-state index contributed by atoms with van der Waals surface area (Å²) in [6, 6.07) is 7.12. The van der Waals surface area contributed by atoms with Crippen molar-refractivity contribution in [3.05, 3.63) is 94.7 Å². The lowest BCUT2D eigenvalue weighted by Crippen LogP contribution is -2.52. The van der Waals surface area contributed by atoms with Gasteiger partial charge in [0, 0.05) is 58.0 Å². The van der Waals surface area contributed by atoms with Crippen LogP contribution in [-0.4, -0.2) is 74.1 Å². The van der Waals surface area contributed by atoms with Crippen molar-refractivity contribution < 1.29 is 38.4 Å². The van der Waals surface area contributed by atoms with Gasteiger partial charge in [-0.15, -0.1) is 34.0 Å². The third-order valence-corrected chi connectivity index (χ3v) is 14.5. The van der Waals surface area contributed by atoms with Crippen LogP contribution >= 0.6 is 34.0 Å². The minimum Gasteiger partial charge on any atom is -0.350 e. The van der Waals surface area contributed by atoms with Gasteiger partial charge in [-0.25, -0.2) is 4.98 Å². The van der Waals surface area contributed by atoms with Gasteiger partial charge in [0.15, 0.2) is 5.01 Å². The lowest BCUT2D eigenvalue weighted by molar-refractivity contribution is -0.138. The summed E-state index contributed by atoms with van der Waals surface area (Å²) in [5.74, 6) is -2.08. The summed E-state index contributed by atoms with van der Waals surface area (Å²) in [6.07, 6.45) is 4.36. The number of benzene rings is 1. The molecule has 2 atom stereocenters. The number of piperidine rings is 2. The Morgan fingerprint density at radius 3 is 1.73 bits per heavy atom. The highest BCUT2D eigenvalue weighted by Crippen LogP contribution is 2.49. The Morgan fingerprint density at radius 1 is 0.767 bits per heavy atom. The maximum Gasteiger partial charge on any atom is 0.280 e. The largest absolute Gasteiger partial charge is 0.350 e. The second-order valence-electron chi connectivity index (χ2n) is 16.5. The van der Waals surface area contributed by atoms with Crippen LogP contribution in [0, 0.1) is 0 Å². The Labute approximate surface area is 357 Å². The van der Waals surface area contributed by atoms with Gasteiger partial charge in [0.05, 0.1) is 29.6 Å². The molecule has 3 fully saturated rings. The molecule has 4 aromatic rings. The fourth-order valence-corrected chi connectivity index (χ4v) is 10.6. The van der Waals surface area contributed by atoms with E-state index < -0.39 is 29.3 Å². The standard InChI is InChI=1S/C26H29N3O4S.C16H14N4O4S2/c1-25(2,3)15-4-6-16(7-5-15)26(10-11-26)24(33)27-12-20-17-13-29(23(32)18(17)14-34-20)19-8-9-21(30)28-22(19)31;21-12-2-1-10(13(22)19-12)20-6-8-9(16(20)24)7-26-11(8)5-18-14(23)15-17-3-4-25-15/h4-7,14,19H,8-13H2,1-3H3,(H,27,33)(H,28,30,31);3-4,7,10H,1-2,5-6H2,(H,18,23)(H,19,21,22). The van der Waals surface area contributed by atoms with Crippen LogP contribution < -0.4 is 21.3 Å². The number of nitrogens with zero attached hydrogens (tertiary/aromatic N) is 3. The van der Waals surface area contributed by atoms with Crippen molar-refractivity contribution in [2.24, 2.45) is 0 Å². The molecule has 2 saturated heterocycles. The molecule has 312 valence electrons. The fraction of sp³-hybridized carbons (Fsp3) is 0.405. The summed E-state index contributed by atoms with van der Waals surface area (Å²) in [5.41, 5.74) is 4.77. The summed E-state index contributed by atoms with van der Waals surface area (Å²) in [4.78, 5) is 107. The minimum absolute atomic E-state index is 0.0181. The second-order valence-corrected chi connectivity index (χ2v) is 19.3. The van der Waals surface area contributed by atoms with Crippen molar-refractivity contribution in [2.45, 2.75) is 108 Å². The third-order valence-electron chi connectivity index (χ3n) is 11.7. The molecule has 1 saturated carbocycles. The molecule has 4 aliphatic heterocycles. The predicted octanol–water partition coefficient (Wildman–Crippen LogP) is 4.05. The van der Waals surface area contributed by atoms with Crippen LogP contribution in [0.15, 0.2) is 46.6 Å². The number of carbonyl (C=O) groups excluding carboxylic acids is 8. The molecular weight excluding hydrogens is 827 g/mol. The molecule has 9 rings (SSSR count). The molecule has 18 heteroatoms. The van der Waals surface area contributed by atoms with Crippen LogP contribution in [0.4, 0.5) is 0 Å². The molecule has 1 aliphatic carbocycles. The number of amides is 8. The highest BCUT2D eigenvalue weighted by Gasteiger charge is 2.51. The van der Waals surface area contributed by atoms with Gasteiger partial charge in [0.2, 0.25) is 29.5 Å². The molecule has 0 radical (unpaired) electrons. The molecule has 0 spiro atoms. The average molecular weight is 870 g/mol. The molecule has 7 heterocycles. The van der Waals surface area contributed by atoms with Gasteiger partial charge in [0.1, 0.15) is 12.1 Å². The van der Waals surface area contributed by atoms with Crippen molar-refractivity contribution >= 4 is 81.3 Å². The number of hydrogen-bond donors (Lipinski definition) is 4. The van der Waals surface area contributed by atoms with Crippen LogP contribution in [0.5, 0.6) is 0 Å². The number of fused-ring (bicyclic) bond motifs is 2. The summed E-state index contributed by atoms with van der Waals surface area (Å²) in [7, 11) is 0. The lowest BCUT2D eigenvalue weighted by atomic mass is 9.85. The van der Waals surface area contributed by atoms with Crippen molar-refractivity contribution in [1.82, 2.24) is 36.1 Å². The Bertz CT molecular complexity index is 2430. The topological polar surface area (TPSA) is 204 Å². The number of aromatic nitrogens is 1. The number of rotatable bonds is 9. The van der Waals surface area contributed by atoms with E-state index in [4.69, 9.17) is 0 Å². The highest BCUT2D eigenvalue weighted by atomic mass is 32.1. The van der Waals surface area contributed by atoms with Crippen molar-refractivity contribution in [2.75, 3.05) is 0 Å². The molecule has 1 aromatic carbocycles. The maximum atomic E-state index is 13.2. The minimum atomic E-state index is -0.629. The first-order chi connectivity index (χ1) is 28.6. The molecular formula is C42H43N7O8S3. The molecule has 5 aliphatic rings. The second kappa shape index (κ2) is 16.1. The number of hydrogen-bond acceptors (Lipinski definition) is 12. The molecule has 60 heavy (non-hydrogen) atoms. The van der Waals surface area contributed by atoms with Crippen LogP contribution in [-0.2, 0) is 61.0 Å². The van der Waals surface area contributed by atoms with E-state index in [1.165, 1.54) is 44.5 Å². The van der Waals surface area contributed by atoms with E-state index in [1.54, 1.807) is 21.9 Å². The number of imide groups is 2. The summed E-state index contributed by atoms with van der Waals surface area (Å²) >= 11 is 4.13. The molecule has 15 nitrogen and oxygen atoms in total. The third kappa shape index (κ3) is 7.90. The zero-order valence-electron chi connectivity index (χ0n) is 33.2. The zero-order chi connectivity index (χ0) is 42.5. The van der Waals surface area contributed by atoms with Crippen LogP contribution in [0.3, 0.4) is 0 Å². The van der Waals surface area contributed by atoms with Crippen molar-refractivity contribution in [3.8, 4) is 0 Å². The van der Waals surface area contributed by atoms with Crippen molar-refractivity contribution in [3.63, 3.8) is 0 Å². The van der Waals surface area contributed by atoms with Gasteiger partial charge >= 0.3 is 0 Å². The van der Waals surface area contributed by atoms with Gasteiger partial charge in [0.25, 0.3) is 17.7 Å². The van der Waals surface area contributed by atoms with E-state index in [0.717, 1.165) is 39.3 Å². The molecule has 2 unspecified atom stereocenters. The van der Waals surface area contributed by atoms with Crippen molar-refractivity contribution in [1.29, 1.82) is 0 Å². The normalized spacial score (nSPS) is 20.5. The number of carbonyl (C=O) groups is 8.